The van der Waals surface area contributed by atoms with Crippen LogP contribution in [0, 0.1) is 5.82 Å². The number of anilines is 3. The number of para-hydroxylation sites is 1. The number of imide groups is 1. The number of amides is 2. The van der Waals surface area contributed by atoms with Crippen molar-refractivity contribution in [2.24, 2.45) is 0 Å². The van der Waals surface area contributed by atoms with Gasteiger partial charge in [-0.1, -0.05) is 35.9 Å². The van der Waals surface area contributed by atoms with Crippen LogP contribution >= 0.6 is 11.6 Å². The summed E-state index contributed by atoms with van der Waals surface area (Å²) in [7, 11) is 0. The summed E-state index contributed by atoms with van der Waals surface area (Å²) >= 11 is 6.30. The lowest BCUT2D eigenvalue weighted by Gasteiger charge is -2.18. The van der Waals surface area contributed by atoms with Crippen LogP contribution in [0.2, 0.25) is 5.02 Å². The number of nitrogens with zero attached hydrogens (tertiary/aromatic N) is 2. The zero-order valence-corrected chi connectivity index (χ0v) is 18.5. The highest BCUT2D eigenvalue weighted by Gasteiger charge is 2.41. The normalized spacial score (nSPS) is 16.2. The van der Waals surface area contributed by atoms with E-state index in [4.69, 9.17) is 11.6 Å². The molecule has 3 aromatic carbocycles. The van der Waals surface area contributed by atoms with Crippen LogP contribution < -0.4 is 15.1 Å². The summed E-state index contributed by atoms with van der Waals surface area (Å²) in [5.74, 6) is -1.46. The minimum atomic E-state index is -0.518. The average Bonchev–Trinajstić information content (AvgIpc) is 3.44. The second kappa shape index (κ2) is 8.71. The van der Waals surface area contributed by atoms with Crippen LogP contribution in [-0.4, -0.2) is 24.9 Å². The van der Waals surface area contributed by atoms with Crippen LogP contribution in [0.1, 0.15) is 18.4 Å². The lowest BCUT2D eigenvalue weighted by molar-refractivity contribution is -0.120. The van der Waals surface area contributed by atoms with Gasteiger partial charge >= 0.3 is 0 Å². The number of benzene rings is 3. The fraction of sp³-hybridized carbons (Fsp3) is 0.154. The second-order valence-corrected chi connectivity index (χ2v) is 8.43. The van der Waals surface area contributed by atoms with E-state index in [9.17, 15) is 14.0 Å². The Morgan fingerprint density at radius 2 is 1.48 bits per heavy atom. The van der Waals surface area contributed by atoms with Gasteiger partial charge in [-0.15, -0.1) is 0 Å². The molecule has 2 amide bonds. The summed E-state index contributed by atoms with van der Waals surface area (Å²) in [5, 5.41) is 3.42. The lowest BCUT2D eigenvalue weighted by Crippen LogP contribution is -2.32. The van der Waals surface area contributed by atoms with Crippen molar-refractivity contribution in [3.8, 4) is 0 Å². The highest BCUT2D eigenvalue weighted by Crippen LogP contribution is 2.37. The molecule has 3 aromatic rings. The van der Waals surface area contributed by atoms with Gasteiger partial charge in [-0.25, -0.2) is 9.29 Å². The van der Waals surface area contributed by atoms with E-state index < -0.39 is 17.6 Å². The maximum atomic E-state index is 13.5. The van der Waals surface area contributed by atoms with Crippen molar-refractivity contribution in [3.63, 3.8) is 0 Å². The van der Waals surface area contributed by atoms with Crippen molar-refractivity contribution in [1.29, 1.82) is 0 Å². The molecule has 2 aliphatic heterocycles. The monoisotopic (exact) mass is 461 g/mol. The van der Waals surface area contributed by atoms with E-state index in [1.807, 2.05) is 24.3 Å². The average molecular weight is 462 g/mol. The molecule has 1 saturated heterocycles. The summed E-state index contributed by atoms with van der Waals surface area (Å²) in [4.78, 5) is 30.2. The fourth-order valence-corrected chi connectivity index (χ4v) is 4.48. The Kier molecular flexibility index (Phi) is 5.60. The Hall–Kier alpha value is -3.64. The molecule has 0 radical (unpaired) electrons. The standard InChI is InChI=1S/C26H21ClFN3O2/c27-21-5-1-2-6-22(21)31-25(32)23(17-7-9-18(28)10-8-17)24(26(31)33)29-19-11-13-20(14-12-19)30-15-3-4-16-30/h1-2,5-14,29H,3-4,15-16H2. The molecule has 0 saturated carbocycles. The van der Waals surface area contributed by atoms with E-state index in [0.717, 1.165) is 23.7 Å². The van der Waals surface area contributed by atoms with Crippen molar-refractivity contribution in [2.45, 2.75) is 12.8 Å². The predicted molar refractivity (Wildman–Crippen MR) is 129 cm³/mol. The highest BCUT2D eigenvalue weighted by atomic mass is 35.5. The van der Waals surface area contributed by atoms with Crippen LogP contribution in [0.3, 0.4) is 0 Å². The maximum absolute atomic E-state index is 13.5. The quantitative estimate of drug-likeness (QED) is 0.511. The number of halogens is 2. The minimum absolute atomic E-state index is 0.125. The van der Waals surface area contributed by atoms with Crippen LogP contribution in [0.15, 0.2) is 78.5 Å². The molecule has 1 N–H and O–H groups in total. The maximum Gasteiger partial charge on any atom is 0.282 e. The first-order valence-corrected chi connectivity index (χ1v) is 11.2. The molecule has 7 heteroatoms. The largest absolute Gasteiger partial charge is 0.372 e. The van der Waals surface area contributed by atoms with Crippen LogP contribution in [0.4, 0.5) is 21.5 Å². The van der Waals surface area contributed by atoms with Crippen molar-refractivity contribution in [3.05, 3.63) is 94.9 Å². The number of hydrogen-bond acceptors (Lipinski definition) is 4. The first-order valence-electron chi connectivity index (χ1n) is 10.8. The van der Waals surface area contributed by atoms with Gasteiger partial charge in [0.1, 0.15) is 11.5 Å². The van der Waals surface area contributed by atoms with E-state index in [1.54, 1.807) is 24.3 Å². The van der Waals surface area contributed by atoms with Gasteiger partial charge in [-0.2, -0.15) is 0 Å². The summed E-state index contributed by atoms with van der Waals surface area (Å²) < 4.78 is 13.5. The molecule has 2 heterocycles. The summed E-state index contributed by atoms with van der Waals surface area (Å²) in [6.45, 7) is 2.07. The molecule has 1 fully saturated rings. The Morgan fingerprint density at radius 3 is 2.15 bits per heavy atom. The summed E-state index contributed by atoms with van der Waals surface area (Å²) in [6.07, 6.45) is 2.37. The van der Waals surface area contributed by atoms with Gasteiger partial charge in [0, 0.05) is 24.5 Å². The molecule has 2 aliphatic rings. The van der Waals surface area contributed by atoms with Crippen LogP contribution in [0.25, 0.3) is 5.57 Å². The van der Waals surface area contributed by atoms with Gasteiger partial charge in [0.05, 0.1) is 16.3 Å². The van der Waals surface area contributed by atoms with E-state index in [1.165, 1.54) is 37.1 Å². The van der Waals surface area contributed by atoms with Gasteiger partial charge in [0.15, 0.2) is 0 Å². The topological polar surface area (TPSA) is 52.7 Å². The first-order chi connectivity index (χ1) is 16.0. The van der Waals surface area contributed by atoms with E-state index in [2.05, 4.69) is 10.2 Å². The van der Waals surface area contributed by atoms with Crippen molar-refractivity contribution >= 4 is 46.1 Å². The number of hydrogen-bond donors (Lipinski definition) is 1. The molecule has 0 aromatic heterocycles. The van der Waals surface area contributed by atoms with Crippen molar-refractivity contribution < 1.29 is 14.0 Å². The molecule has 0 atom stereocenters. The molecule has 0 unspecified atom stereocenters. The molecule has 5 nitrogen and oxygen atoms in total. The third-order valence-corrected chi connectivity index (χ3v) is 6.24. The number of carbonyl (C=O) groups is 2. The van der Waals surface area contributed by atoms with Gasteiger partial charge < -0.3 is 10.2 Å². The van der Waals surface area contributed by atoms with Crippen molar-refractivity contribution in [2.75, 3.05) is 28.2 Å². The number of carbonyl (C=O) groups excluding carboxylic acids is 2. The van der Waals surface area contributed by atoms with E-state index in [-0.39, 0.29) is 16.3 Å². The fourth-order valence-electron chi connectivity index (χ4n) is 4.26. The predicted octanol–water partition coefficient (Wildman–Crippen LogP) is 5.48. The van der Waals surface area contributed by atoms with Crippen LogP contribution in [0.5, 0.6) is 0 Å². The highest BCUT2D eigenvalue weighted by molar-refractivity contribution is 6.48. The molecular weight excluding hydrogens is 441 g/mol. The van der Waals surface area contributed by atoms with Gasteiger partial charge in [-0.05, 0) is 66.9 Å². The Bertz CT molecular complexity index is 1250. The minimum Gasteiger partial charge on any atom is -0.372 e. The van der Waals surface area contributed by atoms with Gasteiger partial charge in [-0.3, -0.25) is 9.59 Å². The Morgan fingerprint density at radius 1 is 0.818 bits per heavy atom. The molecular formula is C26H21ClFN3O2. The molecule has 0 spiro atoms. The summed E-state index contributed by atoms with van der Waals surface area (Å²) in [5.41, 5.74) is 2.84. The second-order valence-electron chi connectivity index (χ2n) is 8.02. The zero-order valence-electron chi connectivity index (χ0n) is 17.7. The molecule has 5 rings (SSSR count). The lowest BCUT2D eigenvalue weighted by atomic mass is 10.0. The third kappa shape index (κ3) is 3.98. The molecule has 33 heavy (non-hydrogen) atoms. The van der Waals surface area contributed by atoms with E-state index in [0.29, 0.717) is 16.9 Å². The Balaban J connectivity index is 1.53. The SMILES string of the molecule is O=C1C(Nc2ccc(N3CCCC3)cc2)=C(c2ccc(F)cc2)C(=O)N1c1ccccc1Cl. The van der Waals surface area contributed by atoms with Gasteiger partial charge in [0.2, 0.25) is 0 Å². The Labute approximate surface area is 196 Å². The van der Waals surface area contributed by atoms with Crippen molar-refractivity contribution in [1.82, 2.24) is 0 Å². The molecule has 0 bridgehead atoms. The number of nitrogens with one attached hydrogen (secondary N) is 1. The van der Waals surface area contributed by atoms with Crippen LogP contribution in [-0.2, 0) is 9.59 Å². The first kappa shape index (κ1) is 21.2. The number of rotatable bonds is 5. The van der Waals surface area contributed by atoms with E-state index >= 15 is 0 Å². The molecule has 166 valence electrons. The van der Waals surface area contributed by atoms with Gasteiger partial charge in [0.25, 0.3) is 11.8 Å². The smallest absolute Gasteiger partial charge is 0.282 e. The third-order valence-electron chi connectivity index (χ3n) is 5.92. The summed E-state index contributed by atoms with van der Waals surface area (Å²) in [6, 6.07) is 20.0. The zero-order chi connectivity index (χ0) is 22.9. The molecule has 0 aliphatic carbocycles.